The van der Waals surface area contributed by atoms with Crippen LogP contribution in [0.1, 0.15) is 32.1 Å². The normalized spacial score (nSPS) is 17.8. The fourth-order valence-corrected chi connectivity index (χ4v) is 2.43. The molecular weight excluding hydrogens is 222 g/mol. The Morgan fingerprint density at radius 1 is 1.53 bits per heavy atom. The zero-order valence-electron chi connectivity index (χ0n) is 9.97. The van der Waals surface area contributed by atoms with Gasteiger partial charge < -0.3 is 11.1 Å². The summed E-state index contributed by atoms with van der Waals surface area (Å²) in [6, 6.07) is 0. The molecule has 0 aliphatic heterocycles. The summed E-state index contributed by atoms with van der Waals surface area (Å²) in [7, 11) is 0. The van der Waals surface area contributed by atoms with Gasteiger partial charge in [-0.3, -0.25) is 14.8 Å². The van der Waals surface area contributed by atoms with Crippen LogP contribution in [0.5, 0.6) is 0 Å². The van der Waals surface area contributed by atoms with E-state index in [0.717, 1.165) is 12.8 Å². The van der Waals surface area contributed by atoms with Crippen LogP contribution in [0.15, 0.2) is 0 Å². The van der Waals surface area contributed by atoms with Gasteiger partial charge in [-0.05, 0) is 12.3 Å². The van der Waals surface area contributed by atoms with E-state index < -0.39 is 0 Å². The molecule has 6 heteroatoms. The first kappa shape index (κ1) is 13.9. The molecular formula is C11H21N3O3. The van der Waals surface area contributed by atoms with Crippen LogP contribution in [0, 0.1) is 11.8 Å². The third-order valence-electron chi connectivity index (χ3n) is 3.27. The van der Waals surface area contributed by atoms with Gasteiger partial charge in [0.15, 0.2) is 0 Å². The van der Waals surface area contributed by atoms with Crippen molar-refractivity contribution in [1.29, 1.82) is 0 Å². The van der Waals surface area contributed by atoms with Crippen LogP contribution in [0.4, 0.5) is 0 Å². The van der Waals surface area contributed by atoms with E-state index in [2.05, 4.69) is 5.32 Å². The van der Waals surface area contributed by atoms with Crippen molar-refractivity contribution in [3.8, 4) is 0 Å². The molecule has 1 fully saturated rings. The van der Waals surface area contributed by atoms with E-state index in [1.807, 2.05) is 0 Å². The minimum absolute atomic E-state index is 0.0336. The molecule has 0 radical (unpaired) electrons. The molecule has 6 nitrogen and oxygen atoms in total. The molecule has 0 spiro atoms. The fourth-order valence-electron chi connectivity index (χ4n) is 2.43. The second-order valence-corrected chi connectivity index (χ2v) is 4.56. The number of nitrogens with one attached hydrogen (secondary N) is 1. The van der Waals surface area contributed by atoms with Crippen molar-refractivity contribution in [2.75, 3.05) is 13.2 Å². The Hall–Kier alpha value is -1.14. The maximum atomic E-state index is 11.7. The number of nitrogens with two attached hydrogens (primary N) is 1. The standard InChI is InChI=1S/C11H21N3O3/c12-7-13-11(16)10(6-14(17)8-15)5-9-3-1-2-4-9/h8-10,17H,1-7,12H2,(H,13,16)/t10-/m1/s1. The van der Waals surface area contributed by atoms with Gasteiger partial charge in [-0.2, -0.15) is 0 Å². The first-order valence-corrected chi connectivity index (χ1v) is 6.06. The Kier molecular flexibility index (Phi) is 5.93. The highest BCUT2D eigenvalue weighted by Crippen LogP contribution is 2.30. The summed E-state index contributed by atoms with van der Waals surface area (Å²) in [6.07, 6.45) is 5.67. The van der Waals surface area contributed by atoms with Gasteiger partial charge in [-0.15, -0.1) is 0 Å². The van der Waals surface area contributed by atoms with Gasteiger partial charge in [0.25, 0.3) is 0 Å². The van der Waals surface area contributed by atoms with Crippen LogP contribution in [-0.4, -0.2) is 35.8 Å². The summed E-state index contributed by atoms with van der Waals surface area (Å²) in [5, 5.41) is 12.2. The molecule has 0 heterocycles. The highest BCUT2D eigenvalue weighted by molar-refractivity contribution is 5.79. The molecule has 1 aliphatic rings. The average molecular weight is 243 g/mol. The predicted molar refractivity (Wildman–Crippen MR) is 61.8 cm³/mol. The Morgan fingerprint density at radius 3 is 2.71 bits per heavy atom. The molecule has 0 saturated heterocycles. The second-order valence-electron chi connectivity index (χ2n) is 4.56. The van der Waals surface area contributed by atoms with Crippen LogP contribution in [0.3, 0.4) is 0 Å². The van der Waals surface area contributed by atoms with Crippen LogP contribution >= 0.6 is 0 Å². The van der Waals surface area contributed by atoms with Crippen molar-refractivity contribution >= 4 is 12.3 Å². The first-order chi connectivity index (χ1) is 8.17. The second kappa shape index (κ2) is 7.24. The lowest BCUT2D eigenvalue weighted by atomic mass is 9.92. The number of hydrogen-bond acceptors (Lipinski definition) is 4. The molecule has 0 bridgehead atoms. The lowest BCUT2D eigenvalue weighted by Crippen LogP contribution is -2.40. The molecule has 2 amide bonds. The van der Waals surface area contributed by atoms with E-state index in [9.17, 15) is 14.8 Å². The largest absolute Gasteiger partial charge is 0.343 e. The van der Waals surface area contributed by atoms with Crippen molar-refractivity contribution in [2.24, 2.45) is 17.6 Å². The van der Waals surface area contributed by atoms with Crippen molar-refractivity contribution in [1.82, 2.24) is 10.4 Å². The molecule has 1 atom stereocenters. The molecule has 98 valence electrons. The summed E-state index contributed by atoms with van der Waals surface area (Å²) in [4.78, 5) is 22.1. The van der Waals surface area contributed by atoms with E-state index in [4.69, 9.17) is 5.73 Å². The molecule has 4 N–H and O–H groups in total. The average Bonchev–Trinajstić information content (AvgIpc) is 2.81. The quantitative estimate of drug-likeness (QED) is 0.255. The van der Waals surface area contributed by atoms with Gasteiger partial charge in [-0.1, -0.05) is 25.7 Å². The summed E-state index contributed by atoms with van der Waals surface area (Å²) < 4.78 is 0. The molecule has 1 saturated carbocycles. The van der Waals surface area contributed by atoms with Crippen LogP contribution in [0.25, 0.3) is 0 Å². The zero-order valence-corrected chi connectivity index (χ0v) is 9.97. The lowest BCUT2D eigenvalue weighted by Gasteiger charge is -2.21. The van der Waals surface area contributed by atoms with Crippen molar-refractivity contribution in [3.05, 3.63) is 0 Å². The number of rotatable bonds is 7. The molecule has 0 unspecified atom stereocenters. The number of nitrogens with zero attached hydrogens (tertiary/aromatic N) is 1. The Bertz CT molecular complexity index is 254. The number of amides is 2. The van der Waals surface area contributed by atoms with E-state index in [-0.39, 0.29) is 25.0 Å². The van der Waals surface area contributed by atoms with Gasteiger partial charge in [0.2, 0.25) is 12.3 Å². The van der Waals surface area contributed by atoms with Gasteiger partial charge in [0, 0.05) is 0 Å². The van der Waals surface area contributed by atoms with E-state index in [1.165, 1.54) is 12.8 Å². The smallest absolute Gasteiger partial charge is 0.233 e. The Balaban J connectivity index is 2.50. The highest BCUT2D eigenvalue weighted by atomic mass is 16.5. The van der Waals surface area contributed by atoms with Crippen molar-refractivity contribution in [2.45, 2.75) is 32.1 Å². The summed E-state index contributed by atoms with van der Waals surface area (Å²) in [5.41, 5.74) is 5.26. The summed E-state index contributed by atoms with van der Waals surface area (Å²) in [5.74, 6) is -0.0549. The Morgan fingerprint density at radius 2 is 2.18 bits per heavy atom. The lowest BCUT2D eigenvalue weighted by molar-refractivity contribution is -0.155. The van der Waals surface area contributed by atoms with Crippen LogP contribution < -0.4 is 11.1 Å². The van der Waals surface area contributed by atoms with Gasteiger partial charge >= 0.3 is 0 Å². The topological polar surface area (TPSA) is 95.7 Å². The number of carbonyl (C=O) groups is 2. The van der Waals surface area contributed by atoms with Crippen LogP contribution in [0.2, 0.25) is 0 Å². The monoisotopic (exact) mass is 243 g/mol. The minimum Gasteiger partial charge on any atom is -0.343 e. The summed E-state index contributed by atoms with van der Waals surface area (Å²) in [6.45, 7) is 0.109. The third kappa shape index (κ3) is 4.70. The van der Waals surface area contributed by atoms with Gasteiger partial charge in [0.05, 0.1) is 19.1 Å². The van der Waals surface area contributed by atoms with Gasteiger partial charge in [0.1, 0.15) is 0 Å². The summed E-state index contributed by atoms with van der Waals surface area (Å²) >= 11 is 0. The van der Waals surface area contributed by atoms with Crippen LogP contribution in [-0.2, 0) is 9.59 Å². The number of hydrogen-bond donors (Lipinski definition) is 3. The maximum absolute atomic E-state index is 11.7. The predicted octanol–water partition coefficient (Wildman–Crippen LogP) is 0.0629. The van der Waals surface area contributed by atoms with Crippen molar-refractivity contribution < 1.29 is 14.8 Å². The molecule has 1 rings (SSSR count). The first-order valence-electron chi connectivity index (χ1n) is 6.06. The zero-order chi connectivity index (χ0) is 12.7. The molecule has 17 heavy (non-hydrogen) atoms. The van der Waals surface area contributed by atoms with Crippen molar-refractivity contribution in [3.63, 3.8) is 0 Å². The maximum Gasteiger partial charge on any atom is 0.233 e. The molecule has 0 aromatic rings. The van der Waals surface area contributed by atoms with E-state index >= 15 is 0 Å². The van der Waals surface area contributed by atoms with E-state index in [0.29, 0.717) is 23.8 Å². The third-order valence-corrected chi connectivity index (χ3v) is 3.27. The number of hydroxylamine groups is 2. The van der Waals surface area contributed by atoms with E-state index in [1.54, 1.807) is 0 Å². The SMILES string of the molecule is NCNC(=O)[C@H](CC1CCCC1)CN(O)C=O. The Labute approximate surface area is 101 Å². The van der Waals surface area contributed by atoms with Gasteiger partial charge in [-0.25, -0.2) is 5.06 Å². The highest BCUT2D eigenvalue weighted by Gasteiger charge is 2.26. The number of carbonyl (C=O) groups excluding carboxylic acids is 2. The molecule has 0 aromatic carbocycles. The molecule has 0 aromatic heterocycles. The minimum atomic E-state index is -0.378. The molecule has 1 aliphatic carbocycles. The fraction of sp³-hybridized carbons (Fsp3) is 0.818.